The first-order valence-electron chi connectivity index (χ1n) is 3.79. The Labute approximate surface area is 85.3 Å². The van der Waals surface area contributed by atoms with E-state index in [9.17, 15) is 0 Å². The lowest BCUT2D eigenvalue weighted by atomic mass is 10.3. The molecule has 66 valence electrons. The summed E-state index contributed by atoms with van der Waals surface area (Å²) < 4.78 is 1.53. The summed E-state index contributed by atoms with van der Waals surface area (Å²) in [5.41, 5.74) is 1.43. The zero-order valence-electron chi connectivity index (χ0n) is 7.01. The predicted octanol–water partition coefficient (Wildman–Crippen LogP) is 2.62. The molecule has 0 N–H and O–H groups in total. The maximum Gasteiger partial charge on any atom is 0.255 e. The van der Waals surface area contributed by atoms with E-state index in [0.29, 0.717) is 11.5 Å². The number of fused-ring (bicyclic) bond motifs is 1. The van der Waals surface area contributed by atoms with Gasteiger partial charge in [-0.1, -0.05) is 6.57 Å². The van der Waals surface area contributed by atoms with Crippen molar-refractivity contribution in [2.24, 2.45) is 4.99 Å². The molecule has 5 heteroatoms. The molecule has 0 radical (unpaired) electrons. The summed E-state index contributed by atoms with van der Waals surface area (Å²) >= 11 is 4.53. The number of rotatable bonds is 1. The highest BCUT2D eigenvalue weighted by atomic mass is 32.1. The van der Waals surface area contributed by atoms with Crippen LogP contribution in [-0.4, -0.2) is 14.8 Å². The molecule has 0 saturated carbocycles. The van der Waals surface area contributed by atoms with Crippen LogP contribution in [0.5, 0.6) is 0 Å². The van der Waals surface area contributed by atoms with Crippen molar-refractivity contribution in [1.29, 1.82) is 0 Å². The first-order valence-corrected chi connectivity index (χ1v) is 4.19. The van der Waals surface area contributed by atoms with Gasteiger partial charge in [0.2, 0.25) is 0 Å². The number of pyridine rings is 1. The summed E-state index contributed by atoms with van der Waals surface area (Å²) in [6.07, 6.45) is 1.62. The summed E-state index contributed by atoms with van der Waals surface area (Å²) in [5, 5.41) is 6.31. The number of aromatic nitrogens is 2. The van der Waals surface area contributed by atoms with Crippen LogP contribution in [0.3, 0.4) is 0 Å². The van der Waals surface area contributed by atoms with Gasteiger partial charge >= 0.3 is 0 Å². The molecular weight excluding hydrogens is 196 g/mol. The van der Waals surface area contributed by atoms with Crippen LogP contribution < -0.4 is 0 Å². The Balaban J connectivity index is 2.86. The van der Waals surface area contributed by atoms with Gasteiger partial charge in [0.15, 0.2) is 5.52 Å². The molecule has 14 heavy (non-hydrogen) atoms. The molecule has 2 heterocycles. The highest BCUT2D eigenvalue weighted by Crippen LogP contribution is 2.24. The molecule has 0 fully saturated rings. The van der Waals surface area contributed by atoms with Crippen LogP contribution in [0, 0.1) is 6.57 Å². The molecule has 0 spiro atoms. The summed E-state index contributed by atoms with van der Waals surface area (Å²) in [4.78, 5) is 7.22. The third-order valence-electron chi connectivity index (χ3n) is 1.79. The quantitative estimate of drug-likeness (QED) is 0.403. The van der Waals surface area contributed by atoms with Gasteiger partial charge in [0.1, 0.15) is 5.69 Å². The van der Waals surface area contributed by atoms with Gasteiger partial charge in [0.25, 0.3) is 5.82 Å². The molecule has 0 aromatic carbocycles. The molecule has 2 aromatic heterocycles. The van der Waals surface area contributed by atoms with E-state index in [2.05, 4.69) is 32.3 Å². The Kier molecular flexibility index (Phi) is 2.07. The summed E-state index contributed by atoms with van der Waals surface area (Å²) in [6.45, 7) is 6.93. The van der Waals surface area contributed by atoms with Crippen molar-refractivity contribution in [2.75, 3.05) is 0 Å². The highest BCUT2D eigenvalue weighted by Gasteiger charge is 2.07. The Morgan fingerprint density at radius 3 is 3.07 bits per heavy atom. The molecule has 0 aliphatic heterocycles. The van der Waals surface area contributed by atoms with Gasteiger partial charge in [0.05, 0.1) is 11.4 Å². The molecule has 4 nitrogen and oxygen atoms in total. The maximum atomic E-state index is 6.93. The second-order valence-electron chi connectivity index (χ2n) is 2.52. The normalized spacial score (nSPS) is 9.36. The van der Waals surface area contributed by atoms with E-state index in [-0.39, 0.29) is 0 Å². The second kappa shape index (κ2) is 3.38. The first kappa shape index (κ1) is 8.57. The number of hydrogen-bond acceptors (Lipinski definition) is 3. The van der Waals surface area contributed by atoms with Crippen LogP contribution in [0.2, 0.25) is 0 Å². The highest BCUT2D eigenvalue weighted by molar-refractivity contribution is 7.78. The van der Waals surface area contributed by atoms with E-state index in [1.807, 2.05) is 0 Å². The largest absolute Gasteiger partial charge is 0.362 e. The first-order chi connectivity index (χ1) is 6.86. The number of nitrogens with zero attached hydrogens (tertiary/aromatic N) is 4. The van der Waals surface area contributed by atoms with Crippen LogP contribution in [0.4, 0.5) is 11.5 Å². The van der Waals surface area contributed by atoms with Crippen LogP contribution in [0.1, 0.15) is 0 Å². The second-order valence-corrected chi connectivity index (χ2v) is 2.70. The van der Waals surface area contributed by atoms with Gasteiger partial charge in [0, 0.05) is 6.07 Å². The van der Waals surface area contributed by atoms with E-state index >= 15 is 0 Å². The summed E-state index contributed by atoms with van der Waals surface area (Å²) in [5.74, 6) is 0.452. The number of isothiocyanates is 1. The lowest BCUT2D eigenvalue weighted by Gasteiger charge is -1.96. The third-order valence-corrected chi connectivity index (χ3v) is 1.88. The van der Waals surface area contributed by atoms with E-state index in [1.54, 1.807) is 24.4 Å². The van der Waals surface area contributed by atoms with Gasteiger partial charge in [-0.15, -0.1) is 5.10 Å². The Hall–Kier alpha value is -2.02. The SMILES string of the molecule is [C-]#[N+]c1ccc(N=C=S)c2ccnn12. The molecule has 0 atom stereocenters. The standard InChI is InChI=1S/C9H4N4S/c1-10-9-3-2-7(11-6-14)8-4-5-12-13(8)9/h2-5H. The molecule has 2 rings (SSSR count). The summed E-state index contributed by atoms with van der Waals surface area (Å²) in [6, 6.07) is 5.16. The van der Waals surface area contributed by atoms with E-state index in [1.165, 1.54) is 4.52 Å². The monoisotopic (exact) mass is 200 g/mol. The van der Waals surface area contributed by atoms with Crippen LogP contribution in [0.25, 0.3) is 10.4 Å². The van der Waals surface area contributed by atoms with Crippen LogP contribution in [-0.2, 0) is 0 Å². The average molecular weight is 200 g/mol. The maximum absolute atomic E-state index is 6.93. The lowest BCUT2D eigenvalue weighted by Crippen LogP contribution is -1.86. The molecule has 2 aromatic rings. The van der Waals surface area contributed by atoms with Gasteiger partial charge in [-0.3, -0.25) is 0 Å². The number of hydrogen-bond donors (Lipinski definition) is 0. The van der Waals surface area contributed by atoms with Crippen molar-refractivity contribution >= 4 is 34.4 Å². The van der Waals surface area contributed by atoms with Crippen molar-refractivity contribution in [1.82, 2.24) is 9.61 Å². The van der Waals surface area contributed by atoms with Crippen molar-refractivity contribution < 1.29 is 0 Å². The Morgan fingerprint density at radius 1 is 1.50 bits per heavy atom. The van der Waals surface area contributed by atoms with Gasteiger partial charge in [-0.25, -0.2) is 0 Å². The number of aliphatic imine (C=N–C) groups is 1. The fourth-order valence-electron chi connectivity index (χ4n) is 1.22. The zero-order chi connectivity index (χ0) is 9.97. The molecule has 0 aliphatic carbocycles. The minimum atomic E-state index is 0.452. The van der Waals surface area contributed by atoms with Gasteiger partial charge < -0.3 is 4.85 Å². The van der Waals surface area contributed by atoms with Crippen LogP contribution >= 0.6 is 12.2 Å². The molecule has 0 aliphatic rings. The van der Waals surface area contributed by atoms with E-state index < -0.39 is 0 Å². The van der Waals surface area contributed by atoms with Crippen molar-refractivity contribution in [3.8, 4) is 0 Å². The smallest absolute Gasteiger partial charge is 0.255 e. The fraction of sp³-hybridized carbons (Fsp3) is 0. The summed E-state index contributed by atoms with van der Waals surface area (Å²) in [7, 11) is 0. The molecular formula is C9H4N4S. The Morgan fingerprint density at radius 2 is 2.36 bits per heavy atom. The minimum absolute atomic E-state index is 0.452. The predicted molar refractivity (Wildman–Crippen MR) is 56.1 cm³/mol. The Bertz CT molecular complexity index is 572. The van der Waals surface area contributed by atoms with Crippen molar-refractivity contribution in [2.45, 2.75) is 0 Å². The van der Waals surface area contributed by atoms with E-state index in [0.717, 1.165) is 5.52 Å². The molecule has 0 bridgehead atoms. The average Bonchev–Trinajstić information content (AvgIpc) is 2.67. The fourth-order valence-corrected chi connectivity index (χ4v) is 1.32. The zero-order valence-corrected chi connectivity index (χ0v) is 7.82. The third kappa shape index (κ3) is 1.19. The van der Waals surface area contributed by atoms with E-state index in [4.69, 9.17) is 6.57 Å². The minimum Gasteiger partial charge on any atom is -0.362 e. The molecule has 0 amide bonds. The van der Waals surface area contributed by atoms with Crippen LogP contribution in [0.15, 0.2) is 29.4 Å². The topological polar surface area (TPSA) is 34.0 Å². The molecule has 0 unspecified atom stereocenters. The number of thiocarbonyl (C=S) groups is 1. The lowest BCUT2D eigenvalue weighted by molar-refractivity contribution is 0.979. The van der Waals surface area contributed by atoms with Crippen molar-refractivity contribution in [3.05, 3.63) is 35.8 Å². The molecule has 0 saturated heterocycles. The van der Waals surface area contributed by atoms with Gasteiger partial charge in [-0.05, 0) is 24.4 Å². The van der Waals surface area contributed by atoms with Crippen molar-refractivity contribution in [3.63, 3.8) is 0 Å². The van der Waals surface area contributed by atoms with Gasteiger partial charge in [-0.2, -0.15) is 9.51 Å².